The van der Waals surface area contributed by atoms with Crippen LogP contribution in [-0.4, -0.2) is 99.7 Å². The Bertz CT molecular complexity index is 2160. The lowest BCUT2D eigenvalue weighted by molar-refractivity contribution is -0.119. The summed E-state index contributed by atoms with van der Waals surface area (Å²) in [5.41, 5.74) is 3.26. The summed E-state index contributed by atoms with van der Waals surface area (Å²) in [5.74, 6) is 0.978. The van der Waals surface area contributed by atoms with Crippen molar-refractivity contribution in [3.05, 3.63) is 82.5 Å². The Balaban J connectivity index is 1.19. The molecule has 3 amide bonds. The van der Waals surface area contributed by atoms with Crippen molar-refractivity contribution in [3.8, 4) is 28.3 Å². The number of fused-ring (bicyclic) bond motifs is 1. The summed E-state index contributed by atoms with van der Waals surface area (Å²) in [4.78, 5) is 49.1. The van der Waals surface area contributed by atoms with Crippen molar-refractivity contribution in [1.82, 2.24) is 30.0 Å². The zero-order chi connectivity index (χ0) is 41.3. The Kier molecular flexibility index (Phi) is 12.3. The standard InChI is InChI=1S/C43H51Cl2N7O6/c1-43(2,3)58-42(56)50(25-28-17-21-35(54)47-28)24-26-14-20-33(48-40(26)57-5)32-11-6-9-30(38(32)44)31-10-7-12-34(39(31)45)52-36-13-8-22-51(36)41(55)49(4)37(52)23-46-27-15-18-29(53)19-16-27/h6-14,20,22,27-29,37,46,53H,15-19,21,23-25H2,1-5H3,(H,47,54)/t27?,28-,29?,37?/m0/s1. The molecule has 2 aromatic carbocycles. The number of ether oxygens (including phenoxy) is 2. The predicted octanol–water partition coefficient (Wildman–Crippen LogP) is 7.82. The summed E-state index contributed by atoms with van der Waals surface area (Å²) in [5, 5.41) is 17.5. The smallest absolute Gasteiger partial charge is 0.410 e. The summed E-state index contributed by atoms with van der Waals surface area (Å²) in [7, 11) is 3.32. The number of aliphatic hydroxyl groups excluding tert-OH is 1. The third-order valence-electron chi connectivity index (χ3n) is 11.0. The van der Waals surface area contributed by atoms with Crippen LogP contribution in [0, 0.1) is 0 Å². The van der Waals surface area contributed by atoms with Crippen LogP contribution in [0.15, 0.2) is 66.9 Å². The number of hydrogen-bond donors (Lipinski definition) is 3. The molecule has 0 radical (unpaired) electrons. The number of hydrogen-bond acceptors (Lipinski definition) is 9. The van der Waals surface area contributed by atoms with E-state index in [1.54, 1.807) is 27.6 Å². The Morgan fingerprint density at radius 1 is 0.966 bits per heavy atom. The van der Waals surface area contributed by atoms with Gasteiger partial charge in [0.15, 0.2) is 0 Å². The van der Waals surface area contributed by atoms with Gasteiger partial charge in [0.2, 0.25) is 11.8 Å². The zero-order valence-corrected chi connectivity index (χ0v) is 35.0. The number of benzene rings is 2. The molecule has 4 heterocycles. The Morgan fingerprint density at radius 3 is 2.36 bits per heavy atom. The molecule has 2 fully saturated rings. The quantitative estimate of drug-likeness (QED) is 0.138. The highest BCUT2D eigenvalue weighted by molar-refractivity contribution is 6.39. The Morgan fingerprint density at radius 2 is 1.67 bits per heavy atom. The van der Waals surface area contributed by atoms with Crippen molar-refractivity contribution in [2.24, 2.45) is 0 Å². The van der Waals surface area contributed by atoms with Crippen molar-refractivity contribution in [2.45, 2.75) is 95.8 Å². The lowest BCUT2D eigenvalue weighted by atomic mass is 9.93. The van der Waals surface area contributed by atoms with Gasteiger partial charge in [0.1, 0.15) is 17.6 Å². The monoisotopic (exact) mass is 831 g/mol. The maximum absolute atomic E-state index is 13.5. The number of rotatable bonds is 11. The SMILES string of the molecule is COc1nc(-c2cccc(-c3cccc(N4c5cccn5C(=O)N(C)C4CNC4CCC(O)CC4)c3Cl)c2Cl)ccc1CN(C[C@@H]1CCC(=O)N1)C(=O)OC(C)(C)C. The number of anilines is 2. The second kappa shape index (κ2) is 17.2. The number of aromatic nitrogens is 2. The van der Waals surface area contributed by atoms with Gasteiger partial charge in [-0.25, -0.2) is 14.6 Å². The number of halogens is 2. The minimum atomic E-state index is -0.710. The van der Waals surface area contributed by atoms with Crippen molar-refractivity contribution >= 4 is 52.7 Å². The van der Waals surface area contributed by atoms with Gasteiger partial charge in [-0.3, -0.25) is 9.36 Å². The molecule has 1 saturated carbocycles. The van der Waals surface area contributed by atoms with E-state index in [4.69, 9.17) is 37.7 Å². The van der Waals surface area contributed by atoms with Gasteiger partial charge in [0, 0.05) is 67.1 Å². The lowest BCUT2D eigenvalue weighted by Crippen LogP contribution is -2.58. The van der Waals surface area contributed by atoms with Gasteiger partial charge in [-0.15, -0.1) is 0 Å². The number of methoxy groups -OCH3 is 1. The Labute approximate surface area is 349 Å². The maximum Gasteiger partial charge on any atom is 0.410 e. The van der Waals surface area contributed by atoms with Crippen LogP contribution < -0.4 is 20.3 Å². The molecule has 15 heteroatoms. The van der Waals surface area contributed by atoms with Crippen LogP contribution in [-0.2, 0) is 16.1 Å². The number of pyridine rings is 1. The first-order valence-electron chi connectivity index (χ1n) is 19.8. The lowest BCUT2D eigenvalue weighted by Gasteiger charge is -2.44. The van der Waals surface area contributed by atoms with Gasteiger partial charge in [0.05, 0.1) is 41.2 Å². The first kappa shape index (κ1) is 41.3. The molecule has 308 valence electrons. The highest BCUT2D eigenvalue weighted by atomic mass is 35.5. The average Bonchev–Trinajstić information content (AvgIpc) is 3.85. The van der Waals surface area contributed by atoms with Crippen molar-refractivity contribution in [2.75, 3.05) is 32.1 Å². The fraction of sp³-hybridized carbons (Fsp3) is 0.442. The third kappa shape index (κ3) is 8.78. The van der Waals surface area contributed by atoms with Crippen LogP contribution in [0.1, 0.15) is 64.9 Å². The average molecular weight is 833 g/mol. The van der Waals surface area contributed by atoms with Gasteiger partial charge >= 0.3 is 12.1 Å². The number of carbonyl (C=O) groups excluding carboxylic acids is 3. The summed E-state index contributed by atoms with van der Waals surface area (Å²) >= 11 is 14.6. The highest BCUT2D eigenvalue weighted by Gasteiger charge is 2.38. The molecule has 0 spiro atoms. The van der Waals surface area contributed by atoms with Crippen LogP contribution in [0.25, 0.3) is 22.4 Å². The summed E-state index contributed by atoms with van der Waals surface area (Å²) in [6.45, 7) is 6.35. The van der Waals surface area contributed by atoms with E-state index in [2.05, 4.69) is 15.5 Å². The van der Waals surface area contributed by atoms with E-state index in [0.29, 0.717) is 74.8 Å². The molecule has 58 heavy (non-hydrogen) atoms. The highest BCUT2D eigenvalue weighted by Crippen LogP contribution is 2.45. The fourth-order valence-electron chi connectivity index (χ4n) is 8.00. The van der Waals surface area contributed by atoms with E-state index in [1.165, 1.54) is 7.11 Å². The van der Waals surface area contributed by atoms with Crippen LogP contribution in [0.4, 0.5) is 21.1 Å². The Hall–Kier alpha value is -4.82. The molecule has 4 aromatic rings. The van der Waals surface area contributed by atoms with Gasteiger partial charge < -0.3 is 39.9 Å². The number of carbonyl (C=O) groups is 3. The number of likely N-dealkylation sites (N-methyl/N-ethyl adjacent to an activating group) is 1. The topological polar surface area (TPSA) is 141 Å². The molecule has 2 aromatic heterocycles. The van der Waals surface area contributed by atoms with Crippen LogP contribution in [0.2, 0.25) is 10.0 Å². The maximum atomic E-state index is 13.5. The summed E-state index contributed by atoms with van der Waals surface area (Å²) < 4.78 is 13.1. The minimum Gasteiger partial charge on any atom is -0.481 e. The van der Waals surface area contributed by atoms with Crippen LogP contribution in [0.3, 0.4) is 0 Å². The molecular weight excluding hydrogens is 781 g/mol. The van der Waals surface area contributed by atoms with E-state index in [9.17, 15) is 19.5 Å². The van der Waals surface area contributed by atoms with E-state index < -0.39 is 17.9 Å². The molecular formula is C43H51Cl2N7O6. The van der Waals surface area contributed by atoms with Gasteiger partial charge in [-0.1, -0.05) is 53.5 Å². The third-order valence-corrected chi connectivity index (χ3v) is 11.8. The number of aliphatic hydroxyl groups is 1. The number of amides is 3. The second-order valence-corrected chi connectivity index (χ2v) is 17.0. The van der Waals surface area contributed by atoms with E-state index >= 15 is 0 Å². The largest absolute Gasteiger partial charge is 0.481 e. The molecule has 13 nitrogen and oxygen atoms in total. The van der Waals surface area contributed by atoms with E-state index in [1.807, 2.05) is 81.4 Å². The summed E-state index contributed by atoms with van der Waals surface area (Å²) in [6, 6.07) is 18.8. The molecule has 2 atom stereocenters. The van der Waals surface area contributed by atoms with Crippen molar-refractivity contribution < 1.29 is 29.0 Å². The second-order valence-electron chi connectivity index (χ2n) is 16.2. The van der Waals surface area contributed by atoms with Gasteiger partial charge in [-0.2, -0.15) is 0 Å². The molecule has 3 aliphatic rings. The van der Waals surface area contributed by atoms with Gasteiger partial charge in [0.25, 0.3) is 0 Å². The van der Waals surface area contributed by atoms with Crippen molar-refractivity contribution in [1.29, 1.82) is 0 Å². The van der Waals surface area contributed by atoms with Gasteiger partial charge in [-0.05, 0) is 83.2 Å². The summed E-state index contributed by atoms with van der Waals surface area (Å²) in [6.07, 6.45) is 4.86. The zero-order valence-electron chi connectivity index (χ0n) is 33.5. The predicted molar refractivity (Wildman–Crippen MR) is 225 cm³/mol. The van der Waals surface area contributed by atoms with Crippen molar-refractivity contribution in [3.63, 3.8) is 0 Å². The minimum absolute atomic E-state index is 0.0372. The fourth-order valence-corrected chi connectivity index (χ4v) is 8.64. The molecule has 2 aliphatic heterocycles. The normalized spacial score (nSPS) is 20.8. The van der Waals surface area contributed by atoms with Crippen LogP contribution >= 0.6 is 23.2 Å². The molecule has 1 aliphatic carbocycles. The first-order valence-corrected chi connectivity index (χ1v) is 20.5. The number of nitrogens with one attached hydrogen (secondary N) is 2. The van der Waals surface area contributed by atoms with E-state index in [-0.39, 0.29) is 43.2 Å². The number of nitrogens with zero attached hydrogens (tertiary/aromatic N) is 5. The molecule has 3 N–H and O–H groups in total. The molecule has 1 unspecified atom stereocenters. The van der Waals surface area contributed by atoms with E-state index in [0.717, 1.165) is 25.7 Å². The van der Waals surface area contributed by atoms with Crippen LogP contribution in [0.5, 0.6) is 5.88 Å². The molecule has 0 bridgehead atoms. The molecule has 1 saturated heterocycles. The first-order chi connectivity index (χ1) is 27.7. The molecule has 7 rings (SSSR count).